The number of hydrogen-bond donors (Lipinski definition) is 2. The zero-order valence-corrected chi connectivity index (χ0v) is 13.4. The molecule has 2 aromatic carbocycles. The standard InChI is InChI=1S/C17H16N2O3S/c1-22-15-6-4-11-8-13(3-2-12(11)9-15)17-18-14(10-23-17)5-7-16(20)19-21/h2-4,6,8-10,21H,5,7H2,1H3,(H,19,20). The molecule has 0 spiro atoms. The number of rotatable bonds is 5. The number of benzene rings is 2. The van der Waals surface area contributed by atoms with Gasteiger partial charge in [0.05, 0.1) is 12.8 Å². The van der Waals surface area contributed by atoms with E-state index in [4.69, 9.17) is 9.94 Å². The van der Waals surface area contributed by atoms with Crippen LogP contribution in [0.5, 0.6) is 5.75 Å². The average Bonchev–Trinajstić information content (AvgIpc) is 3.07. The van der Waals surface area contributed by atoms with Crippen molar-refractivity contribution in [2.45, 2.75) is 12.8 Å². The molecule has 3 aromatic rings. The summed E-state index contributed by atoms with van der Waals surface area (Å²) in [7, 11) is 1.66. The van der Waals surface area contributed by atoms with Gasteiger partial charge in [0.25, 0.3) is 0 Å². The minimum absolute atomic E-state index is 0.219. The maximum Gasteiger partial charge on any atom is 0.243 e. The van der Waals surface area contributed by atoms with Gasteiger partial charge in [-0.1, -0.05) is 18.2 Å². The summed E-state index contributed by atoms with van der Waals surface area (Å²) < 4.78 is 5.24. The molecule has 0 aliphatic rings. The fourth-order valence-corrected chi connectivity index (χ4v) is 3.19. The van der Waals surface area contributed by atoms with Gasteiger partial charge in [0.1, 0.15) is 10.8 Å². The van der Waals surface area contributed by atoms with Crippen molar-refractivity contribution in [2.24, 2.45) is 0 Å². The number of methoxy groups -OCH3 is 1. The number of ether oxygens (including phenoxy) is 1. The highest BCUT2D eigenvalue weighted by atomic mass is 32.1. The zero-order valence-electron chi connectivity index (χ0n) is 12.6. The number of fused-ring (bicyclic) bond motifs is 1. The Bertz CT molecular complexity index is 845. The van der Waals surface area contributed by atoms with Crippen LogP contribution in [0.15, 0.2) is 41.8 Å². The first-order valence-electron chi connectivity index (χ1n) is 7.15. The second kappa shape index (κ2) is 6.76. The van der Waals surface area contributed by atoms with Crippen LogP contribution in [0.2, 0.25) is 0 Å². The largest absolute Gasteiger partial charge is 0.497 e. The molecule has 2 N–H and O–H groups in total. The van der Waals surface area contributed by atoms with Crippen LogP contribution in [0.4, 0.5) is 0 Å². The molecule has 0 saturated carbocycles. The normalized spacial score (nSPS) is 10.7. The Morgan fingerprint density at radius 3 is 2.83 bits per heavy atom. The summed E-state index contributed by atoms with van der Waals surface area (Å²) in [4.78, 5) is 15.6. The van der Waals surface area contributed by atoms with Crippen LogP contribution in [0, 0.1) is 0 Å². The predicted octanol–water partition coefficient (Wildman–Crippen LogP) is 3.41. The van der Waals surface area contributed by atoms with Gasteiger partial charge in [-0.15, -0.1) is 11.3 Å². The number of aryl methyl sites for hydroxylation is 1. The van der Waals surface area contributed by atoms with Crippen molar-refractivity contribution in [1.29, 1.82) is 0 Å². The van der Waals surface area contributed by atoms with Crippen molar-refractivity contribution >= 4 is 28.0 Å². The monoisotopic (exact) mass is 328 g/mol. The Balaban J connectivity index is 1.83. The van der Waals surface area contributed by atoms with E-state index in [2.05, 4.69) is 11.1 Å². The SMILES string of the molecule is COc1ccc2cc(-c3nc(CCC(=O)NO)cs3)ccc2c1. The summed E-state index contributed by atoms with van der Waals surface area (Å²) in [5.74, 6) is 0.433. The van der Waals surface area contributed by atoms with E-state index >= 15 is 0 Å². The Morgan fingerprint density at radius 1 is 1.26 bits per heavy atom. The van der Waals surface area contributed by atoms with E-state index in [1.54, 1.807) is 23.9 Å². The van der Waals surface area contributed by atoms with Crippen LogP contribution in [-0.4, -0.2) is 23.2 Å². The molecule has 1 aromatic heterocycles. The number of nitrogens with zero attached hydrogens (tertiary/aromatic N) is 1. The van der Waals surface area contributed by atoms with Crippen molar-refractivity contribution in [3.63, 3.8) is 0 Å². The van der Waals surface area contributed by atoms with Gasteiger partial charge < -0.3 is 4.74 Å². The van der Waals surface area contributed by atoms with Gasteiger partial charge in [-0.25, -0.2) is 10.5 Å². The highest BCUT2D eigenvalue weighted by Gasteiger charge is 2.08. The fourth-order valence-electron chi connectivity index (χ4n) is 2.34. The van der Waals surface area contributed by atoms with Crippen LogP contribution in [0.3, 0.4) is 0 Å². The van der Waals surface area contributed by atoms with Crippen molar-refractivity contribution < 1.29 is 14.7 Å². The maximum atomic E-state index is 11.1. The molecule has 3 rings (SSSR count). The van der Waals surface area contributed by atoms with Crippen LogP contribution in [-0.2, 0) is 11.2 Å². The maximum absolute atomic E-state index is 11.1. The number of thiazole rings is 1. The fraction of sp³-hybridized carbons (Fsp3) is 0.176. The molecule has 0 fully saturated rings. The quantitative estimate of drug-likeness (QED) is 0.556. The minimum atomic E-state index is -0.404. The van der Waals surface area contributed by atoms with E-state index in [0.29, 0.717) is 6.42 Å². The molecular formula is C17H16N2O3S. The van der Waals surface area contributed by atoms with Gasteiger partial charge in [-0.2, -0.15) is 0 Å². The van der Waals surface area contributed by atoms with E-state index in [0.717, 1.165) is 32.8 Å². The van der Waals surface area contributed by atoms with E-state index in [-0.39, 0.29) is 6.42 Å². The Hall–Kier alpha value is -2.44. The summed E-state index contributed by atoms with van der Waals surface area (Å²) in [5, 5.41) is 13.6. The lowest BCUT2D eigenvalue weighted by Crippen LogP contribution is -2.18. The van der Waals surface area contributed by atoms with Crippen LogP contribution in [0.25, 0.3) is 21.3 Å². The molecule has 0 atom stereocenters. The van der Waals surface area contributed by atoms with Gasteiger partial charge in [0.15, 0.2) is 0 Å². The van der Waals surface area contributed by atoms with E-state index in [1.807, 2.05) is 35.7 Å². The number of aromatic nitrogens is 1. The first-order valence-corrected chi connectivity index (χ1v) is 8.03. The van der Waals surface area contributed by atoms with Gasteiger partial charge in [-0.05, 0) is 35.4 Å². The number of amides is 1. The summed E-state index contributed by atoms with van der Waals surface area (Å²) in [5.41, 5.74) is 3.53. The molecule has 0 saturated heterocycles. The lowest BCUT2D eigenvalue weighted by Gasteiger charge is -2.04. The molecule has 5 nitrogen and oxygen atoms in total. The molecule has 0 bridgehead atoms. The number of hydrogen-bond acceptors (Lipinski definition) is 5. The molecule has 0 radical (unpaired) electrons. The topological polar surface area (TPSA) is 71.5 Å². The lowest BCUT2D eigenvalue weighted by molar-refractivity contribution is -0.129. The molecular weight excluding hydrogens is 312 g/mol. The number of hydroxylamine groups is 1. The van der Waals surface area contributed by atoms with Crippen molar-refractivity contribution in [3.8, 4) is 16.3 Å². The Kier molecular flexibility index (Phi) is 4.55. The second-order valence-electron chi connectivity index (χ2n) is 5.11. The third-order valence-corrected chi connectivity index (χ3v) is 4.52. The highest BCUT2D eigenvalue weighted by Crippen LogP contribution is 2.29. The van der Waals surface area contributed by atoms with E-state index in [9.17, 15) is 4.79 Å². The molecule has 0 unspecified atom stereocenters. The highest BCUT2D eigenvalue weighted by molar-refractivity contribution is 7.13. The molecule has 1 amide bonds. The van der Waals surface area contributed by atoms with Crippen LogP contribution < -0.4 is 10.2 Å². The second-order valence-corrected chi connectivity index (χ2v) is 5.96. The van der Waals surface area contributed by atoms with Gasteiger partial charge in [0.2, 0.25) is 5.91 Å². The third-order valence-electron chi connectivity index (χ3n) is 3.58. The van der Waals surface area contributed by atoms with Gasteiger partial charge in [0, 0.05) is 17.4 Å². The van der Waals surface area contributed by atoms with E-state index in [1.165, 1.54) is 0 Å². The molecule has 0 aliphatic carbocycles. The Morgan fingerprint density at radius 2 is 2.04 bits per heavy atom. The lowest BCUT2D eigenvalue weighted by atomic mass is 10.1. The summed E-state index contributed by atoms with van der Waals surface area (Å²) in [6.45, 7) is 0. The average molecular weight is 328 g/mol. The number of carbonyl (C=O) groups excluding carboxylic acids is 1. The first-order chi connectivity index (χ1) is 11.2. The summed E-state index contributed by atoms with van der Waals surface area (Å²) >= 11 is 1.55. The summed E-state index contributed by atoms with van der Waals surface area (Å²) in [6, 6.07) is 12.1. The van der Waals surface area contributed by atoms with Crippen molar-refractivity contribution in [1.82, 2.24) is 10.5 Å². The molecule has 6 heteroatoms. The van der Waals surface area contributed by atoms with E-state index < -0.39 is 5.91 Å². The molecule has 0 aliphatic heterocycles. The predicted molar refractivity (Wildman–Crippen MR) is 89.9 cm³/mol. The molecule has 1 heterocycles. The summed E-state index contributed by atoms with van der Waals surface area (Å²) in [6.07, 6.45) is 0.727. The minimum Gasteiger partial charge on any atom is -0.497 e. The number of nitrogens with one attached hydrogen (secondary N) is 1. The van der Waals surface area contributed by atoms with Gasteiger partial charge in [-0.3, -0.25) is 10.0 Å². The molecule has 118 valence electrons. The van der Waals surface area contributed by atoms with Crippen molar-refractivity contribution in [3.05, 3.63) is 47.5 Å². The van der Waals surface area contributed by atoms with Crippen molar-refractivity contribution in [2.75, 3.05) is 7.11 Å². The molecule has 23 heavy (non-hydrogen) atoms. The third kappa shape index (κ3) is 3.49. The van der Waals surface area contributed by atoms with Crippen LogP contribution >= 0.6 is 11.3 Å². The van der Waals surface area contributed by atoms with Crippen LogP contribution in [0.1, 0.15) is 12.1 Å². The smallest absolute Gasteiger partial charge is 0.243 e. The van der Waals surface area contributed by atoms with Gasteiger partial charge >= 0.3 is 0 Å². The first kappa shape index (κ1) is 15.5. The number of carbonyl (C=O) groups is 1. The zero-order chi connectivity index (χ0) is 16.2. The Labute approximate surface area is 137 Å².